The van der Waals surface area contributed by atoms with E-state index >= 15 is 0 Å². The summed E-state index contributed by atoms with van der Waals surface area (Å²) in [6, 6.07) is 0.162. The molecule has 8 heteroatoms. The minimum absolute atomic E-state index is 0.0175. The van der Waals surface area contributed by atoms with Crippen LogP contribution in [0.4, 0.5) is 5.95 Å². The number of hydrogen-bond acceptors (Lipinski definition) is 6. The maximum Gasteiger partial charge on any atom is 0.244 e. The average molecular weight is 276 g/mol. The van der Waals surface area contributed by atoms with E-state index in [4.69, 9.17) is 5.73 Å². The summed E-state index contributed by atoms with van der Waals surface area (Å²) in [5, 5.41) is 11.4. The van der Waals surface area contributed by atoms with Gasteiger partial charge in [-0.2, -0.15) is 10.1 Å². The van der Waals surface area contributed by atoms with Gasteiger partial charge in [0.1, 0.15) is 18.7 Å². The standard InChI is InChI=1S/C12H20N8/c1-8-3-4-19(5-10(8)13)12-16-11(17-18-12)9(2)20-7-14-6-15-20/h6-10H,3-5,13H2,1-2H3,(H,16,17,18). The van der Waals surface area contributed by atoms with Crippen molar-refractivity contribution < 1.29 is 0 Å². The molecule has 20 heavy (non-hydrogen) atoms. The number of rotatable bonds is 3. The lowest BCUT2D eigenvalue weighted by atomic mass is 9.95. The molecule has 0 radical (unpaired) electrons. The molecule has 0 aromatic carbocycles. The number of nitrogens with one attached hydrogen (secondary N) is 1. The van der Waals surface area contributed by atoms with Gasteiger partial charge in [0, 0.05) is 19.1 Å². The lowest BCUT2D eigenvalue weighted by Crippen LogP contribution is -2.48. The number of nitrogens with zero attached hydrogens (tertiary/aromatic N) is 6. The van der Waals surface area contributed by atoms with Gasteiger partial charge in [0.25, 0.3) is 0 Å². The largest absolute Gasteiger partial charge is 0.338 e. The number of piperidine rings is 1. The normalized spacial score (nSPS) is 24.9. The Morgan fingerprint density at radius 3 is 3.05 bits per heavy atom. The molecule has 0 amide bonds. The molecule has 3 atom stereocenters. The number of H-pyrrole nitrogens is 1. The monoisotopic (exact) mass is 276 g/mol. The van der Waals surface area contributed by atoms with Gasteiger partial charge in [-0.1, -0.05) is 6.92 Å². The zero-order chi connectivity index (χ0) is 14.1. The van der Waals surface area contributed by atoms with Crippen LogP contribution in [0, 0.1) is 5.92 Å². The Balaban J connectivity index is 1.74. The number of aromatic amines is 1. The molecule has 1 saturated heterocycles. The summed E-state index contributed by atoms with van der Waals surface area (Å²) >= 11 is 0. The van der Waals surface area contributed by atoms with Crippen LogP contribution in [0.3, 0.4) is 0 Å². The molecule has 0 bridgehead atoms. The van der Waals surface area contributed by atoms with Crippen molar-refractivity contribution >= 4 is 5.95 Å². The predicted octanol–water partition coefficient (Wildman–Crippen LogP) is 0.179. The second-order valence-electron chi connectivity index (χ2n) is 5.45. The van der Waals surface area contributed by atoms with Crippen molar-refractivity contribution in [3.8, 4) is 0 Å². The smallest absolute Gasteiger partial charge is 0.244 e. The van der Waals surface area contributed by atoms with Gasteiger partial charge in [0.15, 0.2) is 5.82 Å². The van der Waals surface area contributed by atoms with Gasteiger partial charge in [-0.25, -0.2) is 9.67 Å². The molecule has 8 nitrogen and oxygen atoms in total. The second-order valence-corrected chi connectivity index (χ2v) is 5.45. The van der Waals surface area contributed by atoms with Gasteiger partial charge < -0.3 is 10.6 Å². The van der Waals surface area contributed by atoms with Crippen molar-refractivity contribution in [2.24, 2.45) is 11.7 Å². The van der Waals surface area contributed by atoms with Gasteiger partial charge in [0.05, 0.1) is 0 Å². The zero-order valence-electron chi connectivity index (χ0n) is 11.8. The number of hydrogen-bond donors (Lipinski definition) is 2. The first-order chi connectivity index (χ1) is 9.65. The number of anilines is 1. The van der Waals surface area contributed by atoms with Crippen LogP contribution in [-0.4, -0.2) is 49.1 Å². The van der Waals surface area contributed by atoms with E-state index in [1.54, 1.807) is 11.0 Å². The van der Waals surface area contributed by atoms with E-state index in [9.17, 15) is 0 Å². The predicted molar refractivity (Wildman–Crippen MR) is 74.2 cm³/mol. The molecule has 2 aromatic heterocycles. The van der Waals surface area contributed by atoms with Gasteiger partial charge in [-0.3, -0.25) is 5.10 Å². The van der Waals surface area contributed by atoms with Crippen LogP contribution >= 0.6 is 0 Å². The summed E-state index contributed by atoms with van der Waals surface area (Å²) in [7, 11) is 0. The summed E-state index contributed by atoms with van der Waals surface area (Å²) in [4.78, 5) is 10.6. The third-order valence-corrected chi connectivity index (χ3v) is 4.02. The highest BCUT2D eigenvalue weighted by molar-refractivity contribution is 5.30. The molecule has 0 spiro atoms. The van der Waals surface area contributed by atoms with Crippen LogP contribution in [0.5, 0.6) is 0 Å². The van der Waals surface area contributed by atoms with Crippen LogP contribution in [-0.2, 0) is 0 Å². The van der Waals surface area contributed by atoms with E-state index in [1.165, 1.54) is 6.33 Å². The minimum atomic E-state index is -0.0175. The molecule has 3 rings (SSSR count). The van der Waals surface area contributed by atoms with E-state index in [1.807, 2.05) is 6.92 Å². The summed E-state index contributed by atoms with van der Waals surface area (Å²) in [6.07, 6.45) is 4.26. The molecule has 3 unspecified atom stereocenters. The molecule has 0 aliphatic carbocycles. The van der Waals surface area contributed by atoms with Crippen LogP contribution in [0.15, 0.2) is 12.7 Å². The minimum Gasteiger partial charge on any atom is -0.338 e. The van der Waals surface area contributed by atoms with Crippen molar-refractivity contribution in [3.05, 3.63) is 18.5 Å². The van der Waals surface area contributed by atoms with Crippen LogP contribution in [0.1, 0.15) is 32.1 Å². The van der Waals surface area contributed by atoms with E-state index in [0.717, 1.165) is 25.3 Å². The van der Waals surface area contributed by atoms with Gasteiger partial charge in [0.2, 0.25) is 5.95 Å². The van der Waals surface area contributed by atoms with E-state index in [0.29, 0.717) is 11.9 Å². The Kier molecular flexibility index (Phi) is 3.39. The first-order valence-corrected chi connectivity index (χ1v) is 6.92. The van der Waals surface area contributed by atoms with Crippen molar-refractivity contribution in [1.82, 2.24) is 29.9 Å². The molecule has 3 N–H and O–H groups in total. The third-order valence-electron chi connectivity index (χ3n) is 4.02. The molecular formula is C12H20N8. The van der Waals surface area contributed by atoms with Crippen molar-refractivity contribution in [1.29, 1.82) is 0 Å². The maximum atomic E-state index is 6.12. The fourth-order valence-electron chi connectivity index (χ4n) is 2.42. The third kappa shape index (κ3) is 2.38. The summed E-state index contributed by atoms with van der Waals surface area (Å²) in [5.74, 6) is 2.05. The summed E-state index contributed by atoms with van der Waals surface area (Å²) in [6.45, 7) is 5.95. The van der Waals surface area contributed by atoms with Gasteiger partial charge in [-0.15, -0.1) is 5.10 Å². The Morgan fingerprint density at radius 1 is 1.50 bits per heavy atom. The van der Waals surface area contributed by atoms with Crippen LogP contribution < -0.4 is 10.6 Å². The van der Waals surface area contributed by atoms with E-state index in [-0.39, 0.29) is 12.1 Å². The van der Waals surface area contributed by atoms with E-state index < -0.39 is 0 Å². The average Bonchev–Trinajstić information content (AvgIpc) is 3.11. The SMILES string of the molecule is CC1CCN(c2n[nH]c(C(C)n3cncn3)n2)CC1N. The maximum absolute atomic E-state index is 6.12. The van der Waals surface area contributed by atoms with Gasteiger partial charge >= 0.3 is 0 Å². The summed E-state index contributed by atoms with van der Waals surface area (Å²) < 4.78 is 1.74. The highest BCUT2D eigenvalue weighted by Crippen LogP contribution is 2.21. The molecule has 2 aromatic rings. The topological polar surface area (TPSA) is 102 Å². The second kappa shape index (κ2) is 5.20. The fraction of sp³-hybridized carbons (Fsp3) is 0.667. The molecular weight excluding hydrogens is 256 g/mol. The highest BCUT2D eigenvalue weighted by atomic mass is 15.4. The number of aromatic nitrogens is 6. The fourth-order valence-corrected chi connectivity index (χ4v) is 2.42. The van der Waals surface area contributed by atoms with Crippen LogP contribution in [0.25, 0.3) is 0 Å². The Labute approximate surface area is 117 Å². The Hall–Kier alpha value is -1.96. The molecule has 3 heterocycles. The van der Waals surface area contributed by atoms with Crippen molar-refractivity contribution in [2.75, 3.05) is 18.0 Å². The lowest BCUT2D eigenvalue weighted by molar-refractivity contribution is 0.376. The first-order valence-electron chi connectivity index (χ1n) is 6.92. The number of nitrogens with two attached hydrogens (primary N) is 1. The molecule has 1 aliphatic rings. The molecule has 1 fully saturated rings. The lowest BCUT2D eigenvalue weighted by Gasteiger charge is -2.34. The van der Waals surface area contributed by atoms with Gasteiger partial charge in [-0.05, 0) is 19.3 Å². The molecule has 0 saturated carbocycles. The Morgan fingerprint density at radius 2 is 2.35 bits per heavy atom. The molecule has 108 valence electrons. The van der Waals surface area contributed by atoms with Crippen molar-refractivity contribution in [2.45, 2.75) is 32.4 Å². The zero-order valence-corrected chi connectivity index (χ0v) is 11.8. The van der Waals surface area contributed by atoms with Crippen LogP contribution in [0.2, 0.25) is 0 Å². The first kappa shape index (κ1) is 13.0. The Bertz CT molecular complexity index is 548. The highest BCUT2D eigenvalue weighted by Gasteiger charge is 2.26. The molecule has 1 aliphatic heterocycles. The summed E-state index contributed by atoms with van der Waals surface area (Å²) in [5.41, 5.74) is 6.12. The quantitative estimate of drug-likeness (QED) is 0.829. The van der Waals surface area contributed by atoms with E-state index in [2.05, 4.69) is 37.1 Å². The van der Waals surface area contributed by atoms with Crippen molar-refractivity contribution in [3.63, 3.8) is 0 Å².